The Bertz CT molecular complexity index is 1450. The van der Waals surface area contributed by atoms with Gasteiger partial charge in [0, 0.05) is 15.7 Å². The third-order valence-electron chi connectivity index (χ3n) is 5.48. The number of rotatable bonds is 8. The van der Waals surface area contributed by atoms with Gasteiger partial charge in [-0.2, -0.15) is 21.8 Å². The summed E-state index contributed by atoms with van der Waals surface area (Å²) < 4.78 is 63.1. The Morgan fingerprint density at radius 2 is 1.58 bits per heavy atom. The van der Waals surface area contributed by atoms with Gasteiger partial charge in [0.05, 0.1) is 5.75 Å². The molecule has 1 aliphatic heterocycles. The van der Waals surface area contributed by atoms with E-state index in [1.165, 1.54) is 25.1 Å². The van der Waals surface area contributed by atoms with Gasteiger partial charge in [0.25, 0.3) is 10.1 Å². The molecule has 0 radical (unpaired) electrons. The molecule has 0 aliphatic carbocycles. The van der Waals surface area contributed by atoms with Crippen LogP contribution in [0.2, 0.25) is 10.0 Å². The van der Waals surface area contributed by atoms with Crippen LogP contribution in [0.4, 0.5) is 9.57 Å². The number of hydrogen-bond donors (Lipinski definition) is 3. The first-order valence-corrected chi connectivity index (χ1v) is 15.2. The van der Waals surface area contributed by atoms with Crippen LogP contribution in [0.3, 0.4) is 0 Å². The fourth-order valence-electron chi connectivity index (χ4n) is 3.74. The molecule has 0 bridgehead atoms. The number of halogens is 3. The number of anilines is 1. The van der Waals surface area contributed by atoms with Crippen LogP contribution < -0.4 is 16.4 Å². The first kappa shape index (κ1) is 31.8. The molecule has 0 aromatic heterocycles. The lowest BCUT2D eigenvalue weighted by Gasteiger charge is -2.38. The number of aryl methyl sites for hydroxylation is 2. The van der Waals surface area contributed by atoms with Crippen LogP contribution in [0, 0.1) is 0 Å². The number of nitrogens with zero attached hydrogens (tertiary/aromatic N) is 3. The molecular formula is C23H30Cl2FN5O5S2. The van der Waals surface area contributed by atoms with E-state index in [4.69, 9.17) is 39.2 Å². The van der Waals surface area contributed by atoms with E-state index in [1.54, 1.807) is 11.0 Å². The van der Waals surface area contributed by atoms with E-state index in [1.807, 2.05) is 26.0 Å². The number of hydrogen-bond acceptors (Lipinski definition) is 9. The lowest BCUT2D eigenvalue weighted by atomic mass is 10.0. The monoisotopic (exact) mass is 609 g/mol. The molecule has 210 valence electrons. The van der Waals surface area contributed by atoms with Crippen LogP contribution in [0.5, 0.6) is 0 Å². The number of benzene rings is 2. The topological polar surface area (TPSA) is 169 Å². The Morgan fingerprint density at radius 1 is 1.00 bits per heavy atom. The molecule has 0 saturated heterocycles. The highest BCUT2D eigenvalue weighted by Gasteiger charge is 2.33. The van der Waals surface area contributed by atoms with Gasteiger partial charge in [-0.05, 0) is 87.9 Å². The minimum absolute atomic E-state index is 0.120. The summed E-state index contributed by atoms with van der Waals surface area (Å²) in [5.41, 5.74) is 13.1. The molecule has 0 unspecified atom stereocenters. The molecule has 0 fully saturated rings. The van der Waals surface area contributed by atoms with Gasteiger partial charge in [-0.15, -0.1) is 3.89 Å². The van der Waals surface area contributed by atoms with Crippen molar-refractivity contribution in [3.05, 3.63) is 57.6 Å². The van der Waals surface area contributed by atoms with Gasteiger partial charge in [0.2, 0.25) is 11.9 Å². The fourth-order valence-corrected chi connectivity index (χ4v) is 4.91. The Kier molecular flexibility index (Phi) is 10.5. The molecule has 0 atom stereocenters. The molecule has 1 aliphatic rings. The maximum absolute atomic E-state index is 13.5. The summed E-state index contributed by atoms with van der Waals surface area (Å²) in [4.78, 5) is 9.77. The van der Waals surface area contributed by atoms with Crippen molar-refractivity contribution in [3.8, 4) is 0 Å². The van der Waals surface area contributed by atoms with E-state index in [0.29, 0.717) is 34.9 Å². The molecule has 2 aromatic rings. The van der Waals surface area contributed by atoms with Gasteiger partial charge < -0.3 is 11.5 Å². The van der Waals surface area contributed by atoms with Crippen molar-refractivity contribution in [2.75, 3.05) is 10.7 Å². The van der Waals surface area contributed by atoms with Gasteiger partial charge in [0.15, 0.2) is 0 Å². The summed E-state index contributed by atoms with van der Waals surface area (Å²) in [6.07, 6.45) is 2.39. The Labute approximate surface area is 232 Å². The molecule has 1 heterocycles. The summed E-state index contributed by atoms with van der Waals surface area (Å²) in [7, 11) is -8.46. The standard InChI is InChI=1S/C21H24Cl2FN5O2S.C2H6O3S/c1-21(2)28-19(25)27-20(26)29(21)16-9-7-13(17(23)12-16)5-3-4-6-14-11-15(22)8-10-18(14)32(24,30)31;1-2-6(3,4)5/h7-12H,3-6H2,1-2H3,(H4,25,26,27,28);2H2,1H3,(H,3,4,5). The SMILES string of the molecule is CC1(C)N=C(N)N=C(N)N1c1ccc(CCCCc2cc(Cl)ccc2S(=O)(=O)F)c(Cl)c1.CCS(=O)(=O)O. The van der Waals surface area contributed by atoms with E-state index >= 15 is 0 Å². The minimum atomic E-state index is -4.80. The van der Waals surface area contributed by atoms with Crippen molar-refractivity contribution in [3.63, 3.8) is 0 Å². The second kappa shape index (κ2) is 12.6. The van der Waals surface area contributed by atoms with Crippen LogP contribution in [0.25, 0.3) is 0 Å². The molecule has 0 saturated carbocycles. The third-order valence-corrected chi connectivity index (χ3v) is 7.72. The average molecular weight is 611 g/mol. The van der Waals surface area contributed by atoms with Crippen LogP contribution in [0.1, 0.15) is 44.7 Å². The molecule has 0 amide bonds. The Morgan fingerprint density at radius 3 is 2.08 bits per heavy atom. The highest BCUT2D eigenvalue weighted by atomic mass is 35.5. The van der Waals surface area contributed by atoms with Gasteiger partial charge in [0.1, 0.15) is 10.6 Å². The van der Waals surface area contributed by atoms with Crippen molar-refractivity contribution in [2.45, 2.75) is 57.0 Å². The number of guanidine groups is 2. The van der Waals surface area contributed by atoms with Crippen LogP contribution >= 0.6 is 23.2 Å². The Hall–Kier alpha value is -2.45. The summed E-state index contributed by atoms with van der Waals surface area (Å²) in [5, 5.41) is 0.920. The zero-order chi connectivity index (χ0) is 28.9. The van der Waals surface area contributed by atoms with Gasteiger partial charge in [-0.3, -0.25) is 9.45 Å². The molecular weight excluding hydrogens is 580 g/mol. The second-order valence-corrected chi connectivity index (χ2v) is 12.7. The van der Waals surface area contributed by atoms with Gasteiger partial charge in [-0.25, -0.2) is 4.99 Å². The largest absolute Gasteiger partial charge is 0.369 e. The summed E-state index contributed by atoms with van der Waals surface area (Å²) in [6, 6.07) is 9.61. The van der Waals surface area contributed by atoms with Crippen LogP contribution in [-0.4, -0.2) is 44.7 Å². The van der Waals surface area contributed by atoms with E-state index in [2.05, 4.69) is 9.98 Å². The number of aliphatic imine (C=N–C) groups is 2. The lowest BCUT2D eigenvalue weighted by Crippen LogP contribution is -2.54. The lowest BCUT2D eigenvalue weighted by molar-refractivity contribution is 0.484. The molecule has 3 rings (SSSR count). The zero-order valence-corrected chi connectivity index (χ0v) is 24.2. The summed E-state index contributed by atoms with van der Waals surface area (Å²) >= 11 is 12.4. The molecule has 10 nitrogen and oxygen atoms in total. The van der Waals surface area contributed by atoms with E-state index in [9.17, 15) is 20.7 Å². The van der Waals surface area contributed by atoms with E-state index in [0.717, 1.165) is 17.7 Å². The smallest absolute Gasteiger partial charge is 0.332 e. The van der Waals surface area contributed by atoms with Crippen LogP contribution in [0.15, 0.2) is 51.3 Å². The molecule has 5 N–H and O–H groups in total. The maximum Gasteiger partial charge on any atom is 0.332 e. The Balaban J connectivity index is 0.000000757. The predicted molar refractivity (Wildman–Crippen MR) is 150 cm³/mol. The average Bonchev–Trinajstić information content (AvgIpc) is 2.75. The highest BCUT2D eigenvalue weighted by Crippen LogP contribution is 2.31. The summed E-state index contributed by atoms with van der Waals surface area (Å²) in [5.74, 6) is 0.147. The molecule has 38 heavy (non-hydrogen) atoms. The molecule has 0 spiro atoms. The normalized spacial score (nSPS) is 15.3. The van der Waals surface area contributed by atoms with Crippen molar-refractivity contribution in [1.82, 2.24) is 0 Å². The van der Waals surface area contributed by atoms with E-state index in [-0.39, 0.29) is 22.6 Å². The quantitative estimate of drug-likeness (QED) is 0.226. The maximum atomic E-state index is 13.5. The van der Waals surface area contributed by atoms with Crippen molar-refractivity contribution < 1.29 is 25.3 Å². The van der Waals surface area contributed by atoms with Gasteiger partial charge >= 0.3 is 10.2 Å². The number of nitrogens with two attached hydrogens (primary N) is 2. The van der Waals surface area contributed by atoms with Crippen molar-refractivity contribution >= 4 is 61.1 Å². The molecule has 15 heteroatoms. The molecule has 2 aromatic carbocycles. The minimum Gasteiger partial charge on any atom is -0.369 e. The predicted octanol–water partition coefficient (Wildman–Crippen LogP) is 4.30. The van der Waals surface area contributed by atoms with Crippen molar-refractivity contribution in [2.24, 2.45) is 21.5 Å². The fraction of sp³-hybridized carbons (Fsp3) is 0.391. The second-order valence-electron chi connectivity index (χ2n) is 8.81. The third kappa shape index (κ3) is 9.09. The van der Waals surface area contributed by atoms with Crippen molar-refractivity contribution in [1.29, 1.82) is 0 Å². The zero-order valence-electron chi connectivity index (χ0n) is 21.0. The first-order chi connectivity index (χ1) is 17.4. The first-order valence-electron chi connectivity index (χ1n) is 11.4. The highest BCUT2D eigenvalue weighted by molar-refractivity contribution is 7.86. The van der Waals surface area contributed by atoms with Crippen LogP contribution in [-0.2, 0) is 33.2 Å². The van der Waals surface area contributed by atoms with Gasteiger partial charge in [-0.1, -0.05) is 29.3 Å². The van der Waals surface area contributed by atoms with E-state index < -0.39 is 26.0 Å². The summed E-state index contributed by atoms with van der Waals surface area (Å²) in [6.45, 7) is 5.10. The number of unbranched alkanes of at least 4 members (excludes halogenated alkanes) is 1.